The second kappa shape index (κ2) is 7.23. The topological polar surface area (TPSA) is 108 Å². The van der Waals surface area contributed by atoms with Gasteiger partial charge in [0.25, 0.3) is 0 Å². The summed E-state index contributed by atoms with van der Waals surface area (Å²) in [5, 5.41) is 16.8. The van der Waals surface area contributed by atoms with Gasteiger partial charge in [-0.2, -0.15) is 5.10 Å². The Morgan fingerprint density at radius 3 is 2.68 bits per heavy atom. The van der Waals surface area contributed by atoms with Crippen molar-refractivity contribution in [3.63, 3.8) is 0 Å². The number of hydrogen-bond donors (Lipinski definition) is 2. The molecule has 2 fully saturated rings. The molecule has 2 amide bonds. The quantitative estimate of drug-likeness (QED) is 0.729. The van der Waals surface area contributed by atoms with Crippen molar-refractivity contribution in [2.75, 3.05) is 37.6 Å². The van der Waals surface area contributed by atoms with E-state index in [4.69, 9.17) is 5.11 Å². The monoisotopic (exact) mass is 385 g/mol. The highest BCUT2D eigenvalue weighted by molar-refractivity contribution is 6.02. The Balaban J connectivity index is 1.56. The molecule has 2 aliphatic rings. The number of carboxylic acid groups (broad SMARTS) is 1. The largest absolute Gasteiger partial charge is 0.480 e. The number of nitrogens with zero attached hydrogens (tertiary/aromatic N) is 4. The van der Waals surface area contributed by atoms with Crippen molar-refractivity contribution in [3.8, 4) is 0 Å². The van der Waals surface area contributed by atoms with Crippen LogP contribution in [0, 0.1) is 0 Å². The molecule has 0 aliphatic carbocycles. The SMILES string of the molecule is Cn1nc(C2CCC(=O)NC2=O)c2ccc(N3CCN(CC(=O)O)CC3)cc21. The molecule has 1 unspecified atom stereocenters. The Morgan fingerprint density at radius 2 is 2.00 bits per heavy atom. The minimum Gasteiger partial charge on any atom is -0.480 e. The fraction of sp³-hybridized carbons (Fsp3) is 0.474. The molecular formula is C19H23N5O4. The van der Waals surface area contributed by atoms with Crippen LogP contribution >= 0.6 is 0 Å². The van der Waals surface area contributed by atoms with Crippen LogP contribution < -0.4 is 10.2 Å². The summed E-state index contributed by atoms with van der Waals surface area (Å²) in [6.45, 7) is 3.01. The second-order valence-electron chi connectivity index (χ2n) is 7.37. The number of aromatic nitrogens is 2. The molecule has 0 saturated carbocycles. The highest BCUT2D eigenvalue weighted by atomic mass is 16.4. The van der Waals surface area contributed by atoms with E-state index in [1.807, 2.05) is 24.1 Å². The van der Waals surface area contributed by atoms with Gasteiger partial charge in [0.05, 0.1) is 23.7 Å². The molecule has 9 heteroatoms. The summed E-state index contributed by atoms with van der Waals surface area (Å²) in [6, 6.07) is 6.07. The van der Waals surface area contributed by atoms with E-state index in [-0.39, 0.29) is 18.4 Å². The smallest absolute Gasteiger partial charge is 0.317 e. The number of piperazine rings is 1. The van der Waals surface area contributed by atoms with Crippen LogP contribution in [0.4, 0.5) is 5.69 Å². The number of carbonyl (C=O) groups is 3. The molecule has 1 atom stereocenters. The zero-order valence-electron chi connectivity index (χ0n) is 15.7. The van der Waals surface area contributed by atoms with E-state index in [2.05, 4.69) is 21.4 Å². The second-order valence-corrected chi connectivity index (χ2v) is 7.37. The fourth-order valence-electron chi connectivity index (χ4n) is 4.04. The zero-order valence-corrected chi connectivity index (χ0v) is 15.7. The van der Waals surface area contributed by atoms with Crippen LogP contribution in [0.1, 0.15) is 24.5 Å². The van der Waals surface area contributed by atoms with Crippen LogP contribution in [0.2, 0.25) is 0 Å². The summed E-state index contributed by atoms with van der Waals surface area (Å²) in [7, 11) is 1.85. The van der Waals surface area contributed by atoms with Gasteiger partial charge < -0.3 is 10.0 Å². The van der Waals surface area contributed by atoms with Gasteiger partial charge in [0, 0.05) is 50.7 Å². The first-order valence-corrected chi connectivity index (χ1v) is 9.42. The van der Waals surface area contributed by atoms with E-state index in [1.165, 1.54) is 0 Å². The van der Waals surface area contributed by atoms with Crippen LogP contribution in [0.15, 0.2) is 18.2 Å². The predicted octanol–water partition coefficient (Wildman–Crippen LogP) is 0.300. The third kappa shape index (κ3) is 3.45. The first-order valence-electron chi connectivity index (χ1n) is 9.42. The van der Waals surface area contributed by atoms with E-state index >= 15 is 0 Å². The third-order valence-corrected chi connectivity index (χ3v) is 5.53. The van der Waals surface area contributed by atoms with Crippen LogP contribution in [-0.2, 0) is 21.4 Å². The Kier molecular flexibility index (Phi) is 4.76. The number of amides is 2. The first-order chi connectivity index (χ1) is 13.4. The molecule has 2 saturated heterocycles. The van der Waals surface area contributed by atoms with Crippen LogP contribution in [0.3, 0.4) is 0 Å². The van der Waals surface area contributed by atoms with E-state index < -0.39 is 11.9 Å². The molecule has 2 aromatic rings. The Bertz CT molecular complexity index is 945. The summed E-state index contributed by atoms with van der Waals surface area (Å²) in [5.74, 6) is -1.72. The fourth-order valence-corrected chi connectivity index (χ4v) is 4.04. The number of nitrogens with one attached hydrogen (secondary N) is 1. The minimum atomic E-state index is -0.800. The zero-order chi connectivity index (χ0) is 19.8. The maximum Gasteiger partial charge on any atom is 0.317 e. The summed E-state index contributed by atoms with van der Waals surface area (Å²) in [6.07, 6.45) is 0.803. The van der Waals surface area contributed by atoms with Crippen molar-refractivity contribution in [1.29, 1.82) is 0 Å². The number of anilines is 1. The van der Waals surface area contributed by atoms with Crippen molar-refractivity contribution in [1.82, 2.24) is 20.0 Å². The molecule has 28 heavy (non-hydrogen) atoms. The van der Waals surface area contributed by atoms with Crippen molar-refractivity contribution in [2.24, 2.45) is 7.05 Å². The Labute approximate surface area is 161 Å². The van der Waals surface area contributed by atoms with Crippen LogP contribution in [0.25, 0.3) is 10.9 Å². The average molecular weight is 385 g/mol. The highest BCUT2D eigenvalue weighted by Crippen LogP contribution is 2.32. The van der Waals surface area contributed by atoms with Gasteiger partial charge in [0.1, 0.15) is 0 Å². The van der Waals surface area contributed by atoms with Gasteiger partial charge in [0.15, 0.2) is 0 Å². The lowest BCUT2D eigenvalue weighted by molar-refractivity contribution is -0.138. The maximum atomic E-state index is 12.2. The van der Waals surface area contributed by atoms with Crippen molar-refractivity contribution >= 4 is 34.4 Å². The standard InChI is InChI=1S/C19H23N5O4/c1-22-15-10-12(24-8-6-23(7-9-24)11-17(26)27)2-3-13(15)18(21-22)14-4-5-16(25)20-19(14)28/h2-3,10,14H,4-9,11H2,1H3,(H,26,27)(H,20,25,28). The van der Waals surface area contributed by atoms with Crippen molar-refractivity contribution in [3.05, 3.63) is 23.9 Å². The molecular weight excluding hydrogens is 362 g/mol. The minimum absolute atomic E-state index is 0.0733. The number of hydrogen-bond acceptors (Lipinski definition) is 6. The summed E-state index contributed by atoms with van der Waals surface area (Å²) >= 11 is 0. The number of aryl methyl sites for hydroxylation is 1. The molecule has 1 aromatic carbocycles. The number of rotatable bonds is 4. The van der Waals surface area contributed by atoms with Gasteiger partial charge in [-0.25, -0.2) is 0 Å². The molecule has 0 bridgehead atoms. The van der Waals surface area contributed by atoms with Gasteiger partial charge >= 0.3 is 5.97 Å². The Hall–Kier alpha value is -2.94. The van der Waals surface area contributed by atoms with E-state index in [0.29, 0.717) is 31.6 Å². The number of fused-ring (bicyclic) bond motifs is 1. The molecule has 3 heterocycles. The van der Waals surface area contributed by atoms with E-state index in [9.17, 15) is 14.4 Å². The predicted molar refractivity (Wildman–Crippen MR) is 102 cm³/mol. The normalized spacial score (nSPS) is 21.2. The third-order valence-electron chi connectivity index (χ3n) is 5.53. The van der Waals surface area contributed by atoms with Crippen LogP contribution in [0.5, 0.6) is 0 Å². The van der Waals surface area contributed by atoms with Gasteiger partial charge in [-0.15, -0.1) is 0 Å². The number of aliphatic carboxylic acids is 1. The number of piperidine rings is 1. The van der Waals surface area contributed by atoms with Gasteiger partial charge in [-0.1, -0.05) is 0 Å². The molecule has 2 aliphatic heterocycles. The molecule has 4 rings (SSSR count). The first kappa shape index (κ1) is 18.4. The van der Waals surface area contributed by atoms with Crippen molar-refractivity contribution in [2.45, 2.75) is 18.8 Å². The van der Waals surface area contributed by atoms with E-state index in [0.717, 1.165) is 29.7 Å². The molecule has 2 N–H and O–H groups in total. The lowest BCUT2D eigenvalue weighted by atomic mass is 9.93. The summed E-state index contributed by atoms with van der Waals surface area (Å²) in [5.41, 5.74) is 2.70. The molecule has 9 nitrogen and oxygen atoms in total. The summed E-state index contributed by atoms with van der Waals surface area (Å²) in [4.78, 5) is 38.7. The molecule has 0 spiro atoms. The highest BCUT2D eigenvalue weighted by Gasteiger charge is 2.31. The van der Waals surface area contributed by atoms with E-state index in [1.54, 1.807) is 4.68 Å². The number of benzene rings is 1. The average Bonchev–Trinajstić information content (AvgIpc) is 2.98. The van der Waals surface area contributed by atoms with Gasteiger partial charge in [-0.3, -0.25) is 29.3 Å². The van der Waals surface area contributed by atoms with Gasteiger partial charge in [-0.05, 0) is 24.6 Å². The number of imide groups is 1. The molecule has 0 radical (unpaired) electrons. The number of carbonyl (C=O) groups excluding carboxylic acids is 2. The number of carboxylic acids is 1. The molecule has 148 valence electrons. The maximum absolute atomic E-state index is 12.2. The van der Waals surface area contributed by atoms with Crippen molar-refractivity contribution < 1.29 is 19.5 Å². The van der Waals surface area contributed by atoms with Crippen LogP contribution in [-0.4, -0.2) is 70.3 Å². The summed E-state index contributed by atoms with van der Waals surface area (Å²) < 4.78 is 1.78. The molecule has 1 aromatic heterocycles. The lowest BCUT2D eigenvalue weighted by Gasteiger charge is -2.35. The Morgan fingerprint density at radius 1 is 1.25 bits per heavy atom. The lowest BCUT2D eigenvalue weighted by Crippen LogP contribution is -2.47. The van der Waals surface area contributed by atoms with Gasteiger partial charge in [0.2, 0.25) is 11.8 Å².